The molecule has 1 fully saturated rings. The standard InChI is InChI=1S/C26H34BN3O6/c1-4-21(27(34)35)28-23(31)22(20-13-9-6-10-14-20)30-16-15-26(18(2)3,24(30)32)29-25(33)36-17-19-11-7-5-8-12-19/h5-14,18,21-22,34-35H,4,15-17H2,1-3H3,(H,28,31)(H,29,33)/t21-,22?,26?/m0/s1. The van der Waals surface area contributed by atoms with Crippen LogP contribution in [0, 0.1) is 5.92 Å². The molecule has 10 heteroatoms. The number of hydrogen-bond acceptors (Lipinski definition) is 6. The number of nitrogens with zero attached hydrogens (tertiary/aromatic N) is 1. The van der Waals surface area contributed by atoms with Crippen LogP contribution in [0.15, 0.2) is 60.7 Å². The first-order valence-electron chi connectivity index (χ1n) is 12.2. The van der Waals surface area contributed by atoms with Gasteiger partial charge in [0, 0.05) is 6.54 Å². The summed E-state index contributed by atoms with van der Waals surface area (Å²) < 4.78 is 5.38. The van der Waals surface area contributed by atoms with Gasteiger partial charge in [-0.25, -0.2) is 4.79 Å². The highest BCUT2D eigenvalue weighted by molar-refractivity contribution is 6.43. The van der Waals surface area contributed by atoms with E-state index in [1.807, 2.05) is 44.2 Å². The number of amides is 3. The van der Waals surface area contributed by atoms with Crippen LogP contribution in [0.25, 0.3) is 0 Å². The number of likely N-dealkylation sites (tertiary alicyclic amines) is 1. The van der Waals surface area contributed by atoms with Gasteiger partial charge in [-0.05, 0) is 29.9 Å². The third-order valence-corrected chi connectivity index (χ3v) is 6.72. The summed E-state index contributed by atoms with van der Waals surface area (Å²) in [5.74, 6) is -2.08. The quantitative estimate of drug-likeness (QED) is 0.374. The van der Waals surface area contributed by atoms with E-state index in [1.165, 1.54) is 4.90 Å². The van der Waals surface area contributed by atoms with Gasteiger partial charge >= 0.3 is 13.2 Å². The molecule has 0 radical (unpaired) electrons. The van der Waals surface area contributed by atoms with Gasteiger partial charge in [-0.1, -0.05) is 81.4 Å². The lowest BCUT2D eigenvalue weighted by Crippen LogP contribution is -2.59. The predicted octanol–water partition coefficient (Wildman–Crippen LogP) is 2.19. The molecule has 1 aliphatic rings. The number of rotatable bonds is 10. The van der Waals surface area contributed by atoms with Gasteiger partial charge in [0.2, 0.25) is 11.8 Å². The molecule has 3 rings (SSSR count). The molecule has 0 aliphatic carbocycles. The summed E-state index contributed by atoms with van der Waals surface area (Å²) in [4.78, 5) is 41.4. The average Bonchev–Trinajstić information content (AvgIpc) is 3.19. The van der Waals surface area contributed by atoms with Crippen molar-refractivity contribution in [3.05, 3.63) is 71.8 Å². The molecule has 0 aromatic heterocycles. The maximum absolute atomic E-state index is 13.9. The highest BCUT2D eigenvalue weighted by atomic mass is 16.5. The van der Waals surface area contributed by atoms with Gasteiger partial charge in [0.25, 0.3) is 0 Å². The van der Waals surface area contributed by atoms with Gasteiger partial charge < -0.3 is 30.3 Å². The third-order valence-electron chi connectivity index (χ3n) is 6.72. The Balaban J connectivity index is 1.83. The summed E-state index contributed by atoms with van der Waals surface area (Å²) >= 11 is 0. The van der Waals surface area contributed by atoms with Gasteiger partial charge in [-0.3, -0.25) is 9.59 Å². The number of alkyl carbamates (subject to hydrolysis) is 1. The van der Waals surface area contributed by atoms with Crippen molar-refractivity contribution in [3.8, 4) is 0 Å². The smallest absolute Gasteiger partial charge is 0.445 e. The van der Waals surface area contributed by atoms with Crippen LogP contribution in [0.4, 0.5) is 4.79 Å². The molecular weight excluding hydrogens is 461 g/mol. The maximum atomic E-state index is 13.9. The Bertz CT molecular complexity index is 1040. The van der Waals surface area contributed by atoms with Crippen molar-refractivity contribution in [1.29, 1.82) is 0 Å². The van der Waals surface area contributed by atoms with Gasteiger partial charge in [0.15, 0.2) is 0 Å². The van der Waals surface area contributed by atoms with Crippen LogP contribution < -0.4 is 10.6 Å². The lowest BCUT2D eigenvalue weighted by molar-refractivity contribution is -0.142. The molecule has 1 heterocycles. The van der Waals surface area contributed by atoms with Gasteiger partial charge in [-0.15, -0.1) is 0 Å². The Labute approximate surface area is 212 Å². The van der Waals surface area contributed by atoms with Crippen LogP contribution in [-0.2, 0) is 20.9 Å². The molecule has 0 bridgehead atoms. The molecule has 3 atom stereocenters. The van der Waals surface area contributed by atoms with Gasteiger partial charge in [0.05, 0.1) is 5.94 Å². The second-order valence-electron chi connectivity index (χ2n) is 9.31. The van der Waals surface area contributed by atoms with Gasteiger partial charge in [0.1, 0.15) is 18.2 Å². The summed E-state index contributed by atoms with van der Waals surface area (Å²) in [6.07, 6.45) is -0.123. The minimum Gasteiger partial charge on any atom is -0.445 e. The largest absolute Gasteiger partial charge is 0.475 e. The Morgan fingerprint density at radius 3 is 2.25 bits per heavy atom. The Hall–Kier alpha value is -3.37. The summed E-state index contributed by atoms with van der Waals surface area (Å²) in [5, 5.41) is 24.7. The first-order chi connectivity index (χ1) is 17.2. The highest BCUT2D eigenvalue weighted by Gasteiger charge is 2.53. The lowest BCUT2D eigenvalue weighted by atomic mass is 9.77. The van der Waals surface area contributed by atoms with Crippen molar-refractivity contribution >= 4 is 25.0 Å². The third kappa shape index (κ3) is 6.06. The molecule has 0 spiro atoms. The molecule has 2 aromatic carbocycles. The van der Waals surface area contributed by atoms with E-state index in [0.29, 0.717) is 18.4 Å². The van der Waals surface area contributed by atoms with E-state index in [1.54, 1.807) is 37.3 Å². The zero-order chi connectivity index (χ0) is 26.3. The van der Waals surface area contributed by atoms with Crippen molar-refractivity contribution in [2.75, 3.05) is 6.54 Å². The van der Waals surface area contributed by atoms with E-state index >= 15 is 0 Å². The van der Waals surface area contributed by atoms with E-state index in [4.69, 9.17) is 4.74 Å². The van der Waals surface area contributed by atoms with E-state index in [-0.39, 0.29) is 19.1 Å². The Morgan fingerprint density at radius 1 is 1.08 bits per heavy atom. The number of benzene rings is 2. The van der Waals surface area contributed by atoms with Crippen LogP contribution >= 0.6 is 0 Å². The van der Waals surface area contributed by atoms with Crippen LogP contribution in [0.5, 0.6) is 0 Å². The van der Waals surface area contributed by atoms with Crippen molar-refractivity contribution < 1.29 is 29.2 Å². The minimum atomic E-state index is -1.74. The summed E-state index contributed by atoms with van der Waals surface area (Å²) in [7, 11) is -1.74. The monoisotopic (exact) mass is 495 g/mol. The molecule has 192 valence electrons. The minimum absolute atomic E-state index is 0.0652. The maximum Gasteiger partial charge on any atom is 0.475 e. The molecule has 0 saturated carbocycles. The number of hydrogen-bond donors (Lipinski definition) is 4. The highest BCUT2D eigenvalue weighted by Crippen LogP contribution is 2.36. The number of carbonyl (C=O) groups is 3. The molecule has 3 amide bonds. The SMILES string of the molecule is CC[C@H](NC(=O)C(c1ccccc1)N1CCC(NC(=O)OCc2ccccc2)(C(C)C)C1=O)B(O)O. The normalized spacial score (nSPS) is 19.1. The van der Waals surface area contributed by atoms with E-state index in [0.717, 1.165) is 5.56 Å². The molecule has 2 unspecified atom stereocenters. The Morgan fingerprint density at radius 2 is 1.69 bits per heavy atom. The summed E-state index contributed by atoms with van der Waals surface area (Å²) in [5.41, 5.74) is 0.154. The molecule has 9 nitrogen and oxygen atoms in total. The first kappa shape index (κ1) is 27.2. The molecule has 36 heavy (non-hydrogen) atoms. The predicted molar refractivity (Wildman–Crippen MR) is 135 cm³/mol. The van der Waals surface area contributed by atoms with Crippen molar-refractivity contribution in [2.24, 2.45) is 5.92 Å². The fourth-order valence-electron chi connectivity index (χ4n) is 4.50. The first-order valence-corrected chi connectivity index (χ1v) is 12.2. The van der Waals surface area contributed by atoms with Crippen molar-refractivity contribution in [3.63, 3.8) is 0 Å². The second kappa shape index (κ2) is 12.1. The Kier molecular flexibility index (Phi) is 9.11. The summed E-state index contributed by atoms with van der Waals surface area (Å²) in [6.45, 7) is 5.69. The van der Waals surface area contributed by atoms with Crippen molar-refractivity contribution in [1.82, 2.24) is 15.5 Å². The van der Waals surface area contributed by atoms with Gasteiger partial charge in [-0.2, -0.15) is 0 Å². The van der Waals surface area contributed by atoms with Crippen LogP contribution in [0.3, 0.4) is 0 Å². The number of nitrogens with one attached hydrogen (secondary N) is 2. The zero-order valence-corrected chi connectivity index (χ0v) is 20.9. The number of ether oxygens (including phenoxy) is 1. The second-order valence-corrected chi connectivity index (χ2v) is 9.31. The summed E-state index contributed by atoms with van der Waals surface area (Å²) in [6, 6.07) is 17.0. The van der Waals surface area contributed by atoms with Crippen LogP contribution in [0.2, 0.25) is 0 Å². The average molecular weight is 495 g/mol. The molecule has 2 aromatic rings. The molecule has 1 aliphatic heterocycles. The zero-order valence-electron chi connectivity index (χ0n) is 20.9. The fourth-order valence-corrected chi connectivity index (χ4v) is 4.50. The topological polar surface area (TPSA) is 128 Å². The van der Waals surface area contributed by atoms with E-state index in [2.05, 4.69) is 10.6 Å². The van der Waals surface area contributed by atoms with E-state index in [9.17, 15) is 24.4 Å². The molecule has 4 N–H and O–H groups in total. The van der Waals surface area contributed by atoms with E-state index < -0.39 is 42.5 Å². The van der Waals surface area contributed by atoms with Crippen LogP contribution in [0.1, 0.15) is 50.8 Å². The van der Waals surface area contributed by atoms with Crippen LogP contribution in [-0.4, -0.2) is 58.0 Å². The van der Waals surface area contributed by atoms with Crippen molar-refractivity contribution in [2.45, 2.75) is 57.7 Å². The lowest BCUT2D eigenvalue weighted by Gasteiger charge is -2.34. The fraction of sp³-hybridized carbons (Fsp3) is 0.423. The molecule has 1 saturated heterocycles. The number of carbonyl (C=O) groups excluding carboxylic acids is 3. The molecular formula is C26H34BN3O6.